The molecule has 2 atom stereocenters. The Morgan fingerprint density at radius 2 is 1.00 bits per heavy atom. The smallest absolute Gasteiger partial charge is 0.246 e. The summed E-state index contributed by atoms with van der Waals surface area (Å²) in [6.45, 7) is 0. The number of alkyl halides is 2. The molecule has 0 aromatic heterocycles. The van der Waals surface area contributed by atoms with Crippen LogP contribution in [0.25, 0.3) is 0 Å². The molecular weight excluding hydrogens is 606 g/mol. The Hall–Kier alpha value is 3.29. The van der Waals surface area contributed by atoms with Crippen LogP contribution in [0.15, 0.2) is 0 Å². The Morgan fingerprint density at radius 3 is 1.00 bits per heavy atom. The molecule has 0 aliphatic heterocycles. The summed E-state index contributed by atoms with van der Waals surface area (Å²) in [4.78, 5) is 2.48. The minimum atomic E-state index is -0.750. The van der Waals surface area contributed by atoms with E-state index in [2.05, 4.69) is 111 Å². The van der Waals surface area contributed by atoms with Crippen molar-refractivity contribution in [3.05, 3.63) is 4.83 Å². The van der Waals surface area contributed by atoms with Gasteiger partial charge in [-0.2, -0.15) is 0 Å². The summed E-state index contributed by atoms with van der Waals surface area (Å²) in [6, 6.07) is 0. The van der Waals surface area contributed by atoms with Gasteiger partial charge in [-0.25, -0.2) is 0 Å². The quantitative estimate of drug-likeness (QED) is 0.195. The van der Waals surface area contributed by atoms with E-state index in [9.17, 15) is 0 Å². The van der Waals surface area contributed by atoms with E-state index < -0.39 is 1.44 Å². The lowest BCUT2D eigenvalue weighted by molar-refractivity contribution is 1.59. The Bertz CT molecular complexity index is 95.1. The average molecular weight is 608 g/mol. The van der Waals surface area contributed by atoms with Gasteiger partial charge in [0.2, 0.25) is 31.9 Å². The van der Waals surface area contributed by atoms with E-state index in [1.54, 1.807) is 0 Å². The second-order valence-corrected chi connectivity index (χ2v) is 17.4. The second-order valence-electron chi connectivity index (χ2n) is 1.68. The van der Waals surface area contributed by atoms with Gasteiger partial charge in [-0.3, -0.25) is 0 Å². The second kappa shape index (κ2) is 6.00. The molecule has 0 N–H and O–H groups in total. The standard InChI is InChI=1S/C3H2Br3.BBr4/c4-1-2(5)3(1)6;2-1(3,4)5/h1-2H;/q+1;-1. The highest BCUT2D eigenvalue weighted by atomic mass is 80.0. The van der Waals surface area contributed by atoms with Gasteiger partial charge in [0.1, 0.15) is 0 Å². The zero-order valence-electron chi connectivity index (χ0n) is 4.88. The highest BCUT2D eigenvalue weighted by Gasteiger charge is 2.61. The lowest BCUT2D eigenvalue weighted by Crippen LogP contribution is -1.86. The molecule has 11 heavy (non-hydrogen) atoms. The molecule has 0 aromatic rings. The van der Waals surface area contributed by atoms with Crippen molar-refractivity contribution in [1.82, 2.24) is 0 Å². The maximum Gasteiger partial charge on any atom is 0.246 e. The number of halogens is 7. The lowest BCUT2D eigenvalue weighted by atomic mass is 10.8. The maximum absolute atomic E-state index is 3.38. The molecule has 0 bridgehead atoms. The number of hydrogen-bond donors (Lipinski definition) is 0. The highest BCUT2D eigenvalue weighted by molar-refractivity contribution is 9.90. The largest absolute Gasteiger partial charge is 0.311 e. The molecule has 0 radical (unpaired) electrons. The third-order valence-corrected chi connectivity index (χ3v) is 5.64. The molecule has 1 fully saturated rings. The summed E-state index contributed by atoms with van der Waals surface area (Å²) < 4.78 is -0.750. The van der Waals surface area contributed by atoms with E-state index in [1.807, 2.05) is 0 Å². The van der Waals surface area contributed by atoms with Crippen LogP contribution in [0.3, 0.4) is 0 Å². The van der Waals surface area contributed by atoms with Gasteiger partial charge in [-0.1, -0.05) is 0 Å². The van der Waals surface area contributed by atoms with Crippen molar-refractivity contribution in [2.75, 3.05) is 0 Å². The van der Waals surface area contributed by atoms with Gasteiger partial charge < -0.3 is 63.0 Å². The van der Waals surface area contributed by atoms with E-state index in [-0.39, 0.29) is 0 Å². The summed E-state index contributed by atoms with van der Waals surface area (Å²) in [5.41, 5.74) is 0. The summed E-state index contributed by atoms with van der Waals surface area (Å²) in [6.07, 6.45) is 0. The fourth-order valence-electron chi connectivity index (χ4n) is 0.176. The van der Waals surface area contributed by atoms with Crippen LogP contribution in [0.1, 0.15) is 0 Å². The Kier molecular flexibility index (Phi) is 7.80. The minimum absolute atomic E-state index is 0.581. The van der Waals surface area contributed by atoms with Crippen molar-refractivity contribution in [1.29, 1.82) is 0 Å². The van der Waals surface area contributed by atoms with Gasteiger partial charge >= 0.3 is 0 Å². The van der Waals surface area contributed by atoms with Gasteiger partial charge in [-0.15, -0.1) is 0 Å². The first-order valence-electron chi connectivity index (χ1n) is 2.41. The summed E-state index contributed by atoms with van der Waals surface area (Å²) in [5.74, 6) is 0. The normalized spacial score (nSPS) is 29.2. The van der Waals surface area contributed by atoms with Crippen LogP contribution in [0.2, 0.25) is 0 Å². The number of hydrogen-bond acceptors (Lipinski definition) is 0. The minimum Gasteiger partial charge on any atom is -0.311 e. The summed E-state index contributed by atoms with van der Waals surface area (Å²) in [5, 5.41) is 0. The molecule has 0 spiro atoms. The zero-order valence-corrected chi connectivity index (χ0v) is 16.0. The molecule has 0 heterocycles. The highest BCUT2D eigenvalue weighted by Crippen LogP contribution is 2.50. The lowest BCUT2D eigenvalue weighted by Gasteiger charge is -2.05. The van der Waals surface area contributed by atoms with Crippen molar-refractivity contribution in [2.24, 2.45) is 0 Å². The first kappa shape index (κ1) is 14.3. The van der Waals surface area contributed by atoms with Crippen molar-refractivity contribution in [3.63, 3.8) is 0 Å². The monoisotopic (exact) mass is 601 g/mol. The van der Waals surface area contributed by atoms with E-state index in [0.29, 0.717) is 9.65 Å². The number of rotatable bonds is 0. The first-order chi connectivity index (χ1) is 4.73. The molecule has 8 heteroatoms. The molecule has 0 aromatic carbocycles. The van der Waals surface area contributed by atoms with E-state index in [0.717, 1.165) is 0 Å². The van der Waals surface area contributed by atoms with Gasteiger partial charge in [0, 0.05) is 0 Å². The van der Waals surface area contributed by atoms with Crippen LogP contribution >= 0.6 is 111 Å². The van der Waals surface area contributed by atoms with Crippen LogP contribution in [-0.4, -0.2) is 11.1 Å². The predicted molar refractivity (Wildman–Crippen MR) is 79.1 cm³/mol. The molecule has 2 unspecified atom stereocenters. The Labute approximate surface area is 125 Å². The van der Waals surface area contributed by atoms with Crippen molar-refractivity contribution < 1.29 is 0 Å². The molecule has 66 valence electrons. The average Bonchev–Trinajstić information content (AvgIpc) is 2.19. The van der Waals surface area contributed by atoms with Crippen LogP contribution in [0.4, 0.5) is 0 Å². The summed E-state index contributed by atoms with van der Waals surface area (Å²) >= 11 is 22.8. The predicted octanol–water partition coefficient (Wildman–Crippen LogP) is 5.46. The molecule has 1 aliphatic carbocycles. The fraction of sp³-hybridized carbons (Fsp3) is 0.667. The van der Waals surface area contributed by atoms with Crippen molar-refractivity contribution in [2.45, 2.75) is 9.65 Å². The molecule has 0 amide bonds. The van der Waals surface area contributed by atoms with Crippen LogP contribution in [0, 0.1) is 4.83 Å². The maximum atomic E-state index is 3.38. The molecule has 1 rings (SSSR count). The van der Waals surface area contributed by atoms with Crippen molar-refractivity contribution >= 4 is 112 Å². The molecule has 0 saturated heterocycles. The molecule has 1 saturated carbocycles. The van der Waals surface area contributed by atoms with Gasteiger partial charge in [0.05, 0.1) is 0 Å². The van der Waals surface area contributed by atoms with Crippen LogP contribution in [-0.2, 0) is 0 Å². The van der Waals surface area contributed by atoms with Crippen LogP contribution < -0.4 is 0 Å². The topological polar surface area (TPSA) is 0 Å². The Balaban J connectivity index is 0.000000187. The van der Waals surface area contributed by atoms with Crippen LogP contribution in [0.5, 0.6) is 0 Å². The third kappa shape index (κ3) is 9.60. The fourth-order valence-corrected chi connectivity index (χ4v) is 2.47. The summed E-state index contributed by atoms with van der Waals surface area (Å²) in [7, 11) is 0. The molecule has 0 nitrogen and oxygen atoms in total. The van der Waals surface area contributed by atoms with E-state index in [1.165, 1.54) is 4.83 Å². The zero-order chi connectivity index (χ0) is 9.23. The van der Waals surface area contributed by atoms with E-state index in [4.69, 9.17) is 0 Å². The Morgan fingerprint density at radius 1 is 0.909 bits per heavy atom. The van der Waals surface area contributed by atoms with Gasteiger partial charge in [-0.05, 0) is 31.9 Å². The molecular formula is C3H2BBr7. The van der Waals surface area contributed by atoms with Crippen molar-refractivity contribution in [3.8, 4) is 0 Å². The van der Waals surface area contributed by atoms with Gasteiger partial charge in [0.25, 0.3) is 0 Å². The third-order valence-electron chi connectivity index (χ3n) is 0.675. The van der Waals surface area contributed by atoms with E-state index >= 15 is 0 Å². The van der Waals surface area contributed by atoms with Gasteiger partial charge in [0.15, 0.2) is 0 Å². The molecule has 1 aliphatic rings. The SMILES string of the molecule is Br[B-](Br)(Br)Br.Br[C+]1C(Br)C1Br. The first-order valence-corrected chi connectivity index (χ1v) is 8.70.